The van der Waals surface area contributed by atoms with Gasteiger partial charge >= 0.3 is 0 Å². The van der Waals surface area contributed by atoms with Crippen molar-refractivity contribution in [3.8, 4) is 0 Å². The normalized spacial score (nSPS) is 9.95. The highest BCUT2D eigenvalue weighted by Gasteiger charge is 2.18. The lowest BCUT2D eigenvalue weighted by Crippen LogP contribution is -2.40. The molecule has 1 aromatic heterocycles. The van der Waals surface area contributed by atoms with E-state index in [1.165, 1.54) is 0 Å². The first-order valence-electron chi connectivity index (χ1n) is 4.93. The fraction of sp³-hybridized carbons (Fsp3) is 0.222. The lowest BCUT2D eigenvalue weighted by molar-refractivity contribution is -0.384. The van der Waals surface area contributed by atoms with Crippen molar-refractivity contribution in [1.82, 2.24) is 4.98 Å². The Balaban J connectivity index is 3.16. The monoisotopic (exact) mass is 287 g/mol. The number of hydrogen-bond acceptors (Lipinski definition) is 6. The van der Waals surface area contributed by atoms with Crippen LogP contribution >= 0.6 is 11.6 Å². The summed E-state index contributed by atoms with van der Waals surface area (Å²) in [4.78, 5) is 36.7. The Morgan fingerprint density at radius 3 is 2.26 bits per heavy atom. The van der Waals surface area contributed by atoms with Crippen LogP contribution in [-0.4, -0.2) is 34.8 Å². The second-order valence-electron chi connectivity index (χ2n) is 3.55. The Morgan fingerprint density at radius 2 is 1.84 bits per heavy atom. The van der Waals surface area contributed by atoms with Crippen molar-refractivity contribution in [2.24, 2.45) is 11.5 Å². The van der Waals surface area contributed by atoms with Crippen LogP contribution < -0.4 is 16.4 Å². The van der Waals surface area contributed by atoms with Gasteiger partial charge in [0.05, 0.1) is 30.1 Å². The molecule has 0 aliphatic carbocycles. The van der Waals surface area contributed by atoms with Crippen molar-refractivity contribution in [3.63, 3.8) is 0 Å². The molecule has 0 aliphatic heterocycles. The fourth-order valence-electron chi connectivity index (χ4n) is 1.33. The van der Waals surface area contributed by atoms with Gasteiger partial charge in [-0.25, -0.2) is 4.98 Å². The number of amides is 2. The predicted molar refractivity (Wildman–Crippen MR) is 66.5 cm³/mol. The minimum absolute atomic E-state index is 0.0307. The first-order chi connectivity index (χ1) is 8.79. The molecule has 0 fully saturated rings. The first kappa shape index (κ1) is 14.6. The van der Waals surface area contributed by atoms with E-state index in [1.807, 2.05) is 0 Å². The molecule has 0 aliphatic rings. The van der Waals surface area contributed by atoms with Crippen LogP contribution in [0.15, 0.2) is 12.1 Å². The van der Waals surface area contributed by atoms with Crippen LogP contribution in [0.3, 0.4) is 0 Å². The summed E-state index contributed by atoms with van der Waals surface area (Å²) < 4.78 is 0. The van der Waals surface area contributed by atoms with E-state index in [1.54, 1.807) is 0 Å². The largest absolute Gasteiger partial charge is 0.368 e. The van der Waals surface area contributed by atoms with Gasteiger partial charge in [-0.2, -0.15) is 0 Å². The van der Waals surface area contributed by atoms with E-state index in [0.29, 0.717) is 0 Å². The quantitative estimate of drug-likeness (QED) is 0.406. The van der Waals surface area contributed by atoms with Gasteiger partial charge in [-0.05, 0) is 0 Å². The van der Waals surface area contributed by atoms with E-state index < -0.39 is 16.7 Å². The third-order valence-electron chi connectivity index (χ3n) is 1.99. The van der Waals surface area contributed by atoms with Gasteiger partial charge in [-0.1, -0.05) is 11.6 Å². The molecule has 0 unspecified atom stereocenters. The number of pyridine rings is 1. The topological polar surface area (TPSA) is 145 Å². The average Bonchev–Trinajstić information content (AvgIpc) is 2.25. The molecule has 1 aromatic rings. The number of rotatable bonds is 6. The molecule has 0 bridgehead atoms. The van der Waals surface area contributed by atoms with Gasteiger partial charge in [0, 0.05) is 0 Å². The average molecular weight is 288 g/mol. The standard InChI is InChI=1S/C9H10ClN5O4/c10-6-1-5(15(18)19)2-9(13-6)14(3-7(11)16)4-8(12)17/h1-2H,3-4H2,(H2,11,16)(H2,12,17). The third-order valence-corrected chi connectivity index (χ3v) is 2.19. The lowest BCUT2D eigenvalue weighted by Gasteiger charge is -2.20. The number of carbonyl (C=O) groups excluding carboxylic acids is 2. The summed E-state index contributed by atoms with van der Waals surface area (Å²) in [5.41, 5.74) is 9.70. The van der Waals surface area contributed by atoms with Gasteiger partial charge in [-0.3, -0.25) is 19.7 Å². The second kappa shape index (κ2) is 5.96. The number of hydrogen-bond donors (Lipinski definition) is 2. The number of primary amides is 2. The van der Waals surface area contributed by atoms with Gasteiger partial charge < -0.3 is 16.4 Å². The molecular weight excluding hydrogens is 278 g/mol. The predicted octanol–water partition coefficient (Wildman–Crippen LogP) is -0.580. The van der Waals surface area contributed by atoms with E-state index in [4.69, 9.17) is 23.1 Å². The zero-order valence-electron chi connectivity index (χ0n) is 9.58. The summed E-state index contributed by atoms with van der Waals surface area (Å²) in [5, 5.41) is 10.5. The maximum atomic E-state index is 10.9. The van der Waals surface area contributed by atoms with E-state index >= 15 is 0 Å². The molecule has 2 amide bonds. The van der Waals surface area contributed by atoms with Crippen LogP contribution in [0.2, 0.25) is 5.15 Å². The Hall–Kier alpha value is -2.42. The highest BCUT2D eigenvalue weighted by molar-refractivity contribution is 6.29. The number of aromatic nitrogens is 1. The molecule has 9 nitrogen and oxygen atoms in total. The summed E-state index contributed by atoms with van der Waals surface area (Å²) in [7, 11) is 0. The maximum Gasteiger partial charge on any atom is 0.276 e. The summed E-state index contributed by atoms with van der Waals surface area (Å²) in [6.45, 7) is -0.735. The number of carbonyl (C=O) groups is 2. The van der Waals surface area contributed by atoms with E-state index in [-0.39, 0.29) is 29.7 Å². The summed E-state index contributed by atoms with van der Waals surface area (Å²) in [6, 6.07) is 2.11. The van der Waals surface area contributed by atoms with Crippen LogP contribution in [-0.2, 0) is 9.59 Å². The molecular formula is C9H10ClN5O4. The minimum atomic E-state index is -0.745. The smallest absolute Gasteiger partial charge is 0.276 e. The molecule has 102 valence electrons. The van der Waals surface area contributed by atoms with Crippen LogP contribution in [0, 0.1) is 10.1 Å². The van der Waals surface area contributed by atoms with Crippen LogP contribution in [0.4, 0.5) is 11.5 Å². The molecule has 0 saturated carbocycles. The Morgan fingerprint density at radius 1 is 1.32 bits per heavy atom. The highest BCUT2D eigenvalue weighted by atomic mass is 35.5. The van der Waals surface area contributed by atoms with Gasteiger partial charge in [0.1, 0.15) is 11.0 Å². The first-order valence-corrected chi connectivity index (χ1v) is 5.31. The summed E-state index contributed by atoms with van der Waals surface area (Å²) in [5.74, 6) is -1.52. The van der Waals surface area contributed by atoms with Crippen molar-refractivity contribution in [2.45, 2.75) is 0 Å². The van der Waals surface area contributed by atoms with Crippen molar-refractivity contribution in [3.05, 3.63) is 27.4 Å². The third kappa shape index (κ3) is 4.39. The zero-order chi connectivity index (χ0) is 14.6. The van der Waals surface area contributed by atoms with E-state index in [2.05, 4.69) is 4.98 Å². The zero-order valence-corrected chi connectivity index (χ0v) is 10.3. The molecule has 0 atom stereocenters. The molecule has 1 rings (SSSR count). The molecule has 1 heterocycles. The van der Waals surface area contributed by atoms with E-state index in [9.17, 15) is 19.7 Å². The molecule has 0 aromatic carbocycles. The van der Waals surface area contributed by atoms with Crippen molar-refractivity contribution in [2.75, 3.05) is 18.0 Å². The Labute approximate surface area is 112 Å². The Bertz CT molecular complexity index is 519. The number of anilines is 1. The SMILES string of the molecule is NC(=O)CN(CC(N)=O)c1cc([N+](=O)[O-])cc(Cl)n1. The molecule has 4 N–H and O–H groups in total. The van der Waals surface area contributed by atoms with Crippen molar-refractivity contribution < 1.29 is 14.5 Å². The number of nitrogens with two attached hydrogens (primary N) is 2. The minimum Gasteiger partial charge on any atom is -0.368 e. The van der Waals surface area contributed by atoms with Crippen molar-refractivity contribution >= 4 is 34.9 Å². The number of halogens is 1. The van der Waals surface area contributed by atoms with E-state index in [0.717, 1.165) is 17.0 Å². The van der Waals surface area contributed by atoms with Crippen LogP contribution in [0.1, 0.15) is 0 Å². The summed E-state index contributed by atoms with van der Waals surface area (Å²) in [6.07, 6.45) is 0. The number of nitro groups is 1. The maximum absolute atomic E-state index is 10.9. The van der Waals surface area contributed by atoms with Crippen LogP contribution in [0.25, 0.3) is 0 Å². The van der Waals surface area contributed by atoms with Gasteiger partial charge in [0.2, 0.25) is 11.8 Å². The second-order valence-corrected chi connectivity index (χ2v) is 3.94. The van der Waals surface area contributed by atoms with Gasteiger partial charge in [0.25, 0.3) is 5.69 Å². The van der Waals surface area contributed by atoms with Gasteiger partial charge in [-0.15, -0.1) is 0 Å². The number of nitrogens with zero attached hydrogens (tertiary/aromatic N) is 3. The lowest BCUT2D eigenvalue weighted by atomic mass is 10.3. The van der Waals surface area contributed by atoms with Gasteiger partial charge in [0.15, 0.2) is 0 Å². The Kier molecular flexibility index (Phi) is 4.59. The molecule has 0 saturated heterocycles. The highest BCUT2D eigenvalue weighted by Crippen LogP contribution is 2.22. The van der Waals surface area contributed by atoms with Crippen molar-refractivity contribution in [1.29, 1.82) is 0 Å². The van der Waals surface area contributed by atoms with Crippen LogP contribution in [0.5, 0.6) is 0 Å². The fourth-order valence-corrected chi connectivity index (χ4v) is 1.53. The molecule has 10 heteroatoms. The summed E-state index contributed by atoms with van der Waals surface area (Å²) >= 11 is 5.64. The molecule has 0 radical (unpaired) electrons. The molecule has 19 heavy (non-hydrogen) atoms. The molecule has 0 spiro atoms.